The van der Waals surface area contributed by atoms with Crippen molar-refractivity contribution < 1.29 is 23.8 Å². The van der Waals surface area contributed by atoms with Crippen molar-refractivity contribution in [3.63, 3.8) is 0 Å². The van der Waals surface area contributed by atoms with Gasteiger partial charge in [0, 0.05) is 6.42 Å². The number of aryl methyl sites for hydroxylation is 1. The topological polar surface area (TPSA) is 75.6 Å². The molecule has 0 aliphatic carbocycles. The first kappa shape index (κ1) is 15.9. The Kier molecular flexibility index (Phi) is 6.49. The maximum absolute atomic E-state index is 12.3. The highest BCUT2D eigenvalue weighted by atomic mass is 19.1. The van der Waals surface area contributed by atoms with Gasteiger partial charge in [0.25, 0.3) is 0 Å². The molecule has 1 atom stereocenters. The first-order chi connectivity index (χ1) is 9.56. The van der Waals surface area contributed by atoms with Gasteiger partial charge in [-0.1, -0.05) is 12.1 Å². The van der Waals surface area contributed by atoms with Crippen LogP contribution >= 0.6 is 0 Å². The Hall–Kier alpha value is -2.11. The number of nitrogens with one attached hydrogen (secondary N) is 1. The van der Waals surface area contributed by atoms with E-state index in [-0.39, 0.29) is 6.42 Å². The van der Waals surface area contributed by atoms with Crippen LogP contribution in [0.15, 0.2) is 24.3 Å². The average Bonchev–Trinajstić information content (AvgIpc) is 2.45. The molecule has 1 amide bonds. The minimum absolute atomic E-state index is 0.163. The van der Waals surface area contributed by atoms with E-state index < -0.39 is 24.6 Å². The summed E-state index contributed by atoms with van der Waals surface area (Å²) in [6.07, 6.45) is 1.41. The van der Waals surface area contributed by atoms with Crippen LogP contribution in [-0.4, -0.2) is 36.8 Å². The van der Waals surface area contributed by atoms with Crippen LogP contribution in [0.3, 0.4) is 0 Å². The number of hydrogen-bond acceptors (Lipinski definition) is 3. The summed E-state index contributed by atoms with van der Waals surface area (Å²) < 4.78 is 17.4. The fourth-order valence-electron chi connectivity index (χ4n) is 1.68. The molecule has 0 saturated carbocycles. The number of ether oxygens (including phenoxy) is 1. The SMILES string of the molecule is COc1ccc(CCCC(=O)NC(CF)C(=O)O)cc1. The van der Waals surface area contributed by atoms with Crippen molar-refractivity contribution in [1.82, 2.24) is 5.32 Å². The Labute approximate surface area is 116 Å². The number of aliphatic carboxylic acids is 1. The number of carboxylic acid groups (broad SMARTS) is 1. The second-order valence-corrected chi connectivity index (χ2v) is 4.31. The molecule has 0 saturated heterocycles. The minimum atomic E-state index is -1.46. The first-order valence-corrected chi connectivity index (χ1v) is 6.28. The Balaban J connectivity index is 2.32. The van der Waals surface area contributed by atoms with Crippen LogP contribution in [0, 0.1) is 0 Å². The number of halogens is 1. The summed E-state index contributed by atoms with van der Waals surface area (Å²) in [7, 11) is 1.59. The number of carbonyl (C=O) groups excluding carboxylic acids is 1. The largest absolute Gasteiger partial charge is 0.497 e. The smallest absolute Gasteiger partial charge is 0.328 e. The minimum Gasteiger partial charge on any atom is -0.497 e. The van der Waals surface area contributed by atoms with E-state index in [1.54, 1.807) is 7.11 Å². The molecule has 0 aliphatic heterocycles. The van der Waals surface area contributed by atoms with E-state index in [2.05, 4.69) is 5.32 Å². The molecule has 0 spiro atoms. The number of rotatable bonds is 8. The highest BCUT2D eigenvalue weighted by Gasteiger charge is 2.18. The fourth-order valence-corrected chi connectivity index (χ4v) is 1.68. The molecule has 0 aromatic heterocycles. The van der Waals surface area contributed by atoms with Gasteiger partial charge in [-0.05, 0) is 30.5 Å². The Morgan fingerprint density at radius 1 is 1.35 bits per heavy atom. The van der Waals surface area contributed by atoms with Crippen molar-refractivity contribution in [2.45, 2.75) is 25.3 Å². The molecule has 0 heterocycles. The summed E-state index contributed by atoms with van der Waals surface area (Å²) in [6, 6.07) is 6.01. The average molecular weight is 283 g/mol. The van der Waals surface area contributed by atoms with Gasteiger partial charge in [0.2, 0.25) is 5.91 Å². The predicted octanol–water partition coefficient (Wildman–Crippen LogP) is 1.56. The van der Waals surface area contributed by atoms with Gasteiger partial charge in [0.15, 0.2) is 6.04 Å². The number of carbonyl (C=O) groups is 2. The van der Waals surface area contributed by atoms with E-state index in [1.807, 2.05) is 24.3 Å². The van der Waals surface area contributed by atoms with Gasteiger partial charge in [0.1, 0.15) is 12.4 Å². The second-order valence-electron chi connectivity index (χ2n) is 4.31. The summed E-state index contributed by atoms with van der Waals surface area (Å²) in [4.78, 5) is 22.0. The number of benzene rings is 1. The third kappa shape index (κ3) is 5.26. The molecule has 110 valence electrons. The predicted molar refractivity (Wildman–Crippen MR) is 71.5 cm³/mol. The summed E-state index contributed by atoms with van der Waals surface area (Å²) in [6.45, 7) is -1.11. The number of methoxy groups -OCH3 is 1. The van der Waals surface area contributed by atoms with Crippen LogP contribution in [0.2, 0.25) is 0 Å². The molecular weight excluding hydrogens is 265 g/mol. The summed E-state index contributed by atoms with van der Waals surface area (Å²) in [5, 5.41) is 10.7. The van der Waals surface area contributed by atoms with E-state index in [1.165, 1.54) is 0 Å². The van der Waals surface area contributed by atoms with Crippen molar-refractivity contribution in [3.8, 4) is 5.75 Å². The van der Waals surface area contributed by atoms with E-state index in [9.17, 15) is 14.0 Å². The van der Waals surface area contributed by atoms with Gasteiger partial charge in [-0.2, -0.15) is 0 Å². The molecule has 0 radical (unpaired) electrons. The molecule has 0 fully saturated rings. The third-order valence-electron chi connectivity index (χ3n) is 2.82. The molecule has 2 N–H and O–H groups in total. The second kappa shape index (κ2) is 8.14. The number of hydrogen-bond donors (Lipinski definition) is 2. The summed E-state index contributed by atoms with van der Waals surface area (Å²) in [5.74, 6) is -1.06. The lowest BCUT2D eigenvalue weighted by atomic mass is 10.1. The van der Waals surface area contributed by atoms with Crippen LogP contribution in [0.25, 0.3) is 0 Å². The maximum Gasteiger partial charge on any atom is 0.328 e. The van der Waals surface area contributed by atoms with Gasteiger partial charge >= 0.3 is 5.97 Å². The first-order valence-electron chi connectivity index (χ1n) is 6.28. The lowest BCUT2D eigenvalue weighted by molar-refractivity contribution is -0.142. The van der Waals surface area contributed by atoms with E-state index in [0.717, 1.165) is 11.3 Å². The molecule has 1 rings (SSSR count). The zero-order valence-electron chi connectivity index (χ0n) is 11.3. The van der Waals surface area contributed by atoms with Crippen LogP contribution in [0.4, 0.5) is 4.39 Å². The van der Waals surface area contributed by atoms with Crippen LogP contribution < -0.4 is 10.1 Å². The standard InChI is InChI=1S/C14H18FNO4/c1-20-11-7-5-10(6-8-11)3-2-4-13(17)16-12(9-15)14(18)19/h5-8,12H,2-4,9H2,1H3,(H,16,17)(H,18,19). The van der Waals surface area contributed by atoms with Crippen LogP contribution in [0.1, 0.15) is 18.4 Å². The Morgan fingerprint density at radius 3 is 2.50 bits per heavy atom. The zero-order chi connectivity index (χ0) is 15.0. The molecule has 6 heteroatoms. The summed E-state index contributed by atoms with van der Waals surface area (Å²) >= 11 is 0. The normalized spacial score (nSPS) is 11.7. The maximum atomic E-state index is 12.3. The van der Waals surface area contributed by atoms with Gasteiger partial charge in [0.05, 0.1) is 7.11 Å². The number of carboxylic acids is 1. The highest BCUT2D eigenvalue weighted by Crippen LogP contribution is 2.13. The van der Waals surface area contributed by atoms with E-state index in [0.29, 0.717) is 12.8 Å². The van der Waals surface area contributed by atoms with Gasteiger partial charge in [-0.15, -0.1) is 0 Å². The van der Waals surface area contributed by atoms with Gasteiger partial charge < -0.3 is 15.2 Å². The lowest BCUT2D eigenvalue weighted by Crippen LogP contribution is -2.42. The lowest BCUT2D eigenvalue weighted by Gasteiger charge is -2.10. The molecule has 0 bridgehead atoms. The molecule has 1 aromatic rings. The molecule has 0 aliphatic rings. The summed E-state index contributed by atoms with van der Waals surface area (Å²) in [5.41, 5.74) is 1.05. The van der Waals surface area contributed by atoms with Crippen LogP contribution in [-0.2, 0) is 16.0 Å². The van der Waals surface area contributed by atoms with E-state index in [4.69, 9.17) is 9.84 Å². The molecule has 1 unspecified atom stereocenters. The van der Waals surface area contributed by atoms with Crippen molar-refractivity contribution >= 4 is 11.9 Å². The van der Waals surface area contributed by atoms with Crippen molar-refractivity contribution in [3.05, 3.63) is 29.8 Å². The van der Waals surface area contributed by atoms with Crippen LogP contribution in [0.5, 0.6) is 5.75 Å². The molecule has 5 nitrogen and oxygen atoms in total. The van der Waals surface area contributed by atoms with Crippen molar-refractivity contribution in [2.75, 3.05) is 13.8 Å². The monoisotopic (exact) mass is 283 g/mol. The Bertz CT molecular complexity index is 447. The third-order valence-corrected chi connectivity index (χ3v) is 2.82. The van der Waals surface area contributed by atoms with Gasteiger partial charge in [-0.25, -0.2) is 9.18 Å². The number of amides is 1. The van der Waals surface area contributed by atoms with E-state index >= 15 is 0 Å². The van der Waals surface area contributed by atoms with Crippen molar-refractivity contribution in [2.24, 2.45) is 0 Å². The zero-order valence-corrected chi connectivity index (χ0v) is 11.3. The molecular formula is C14H18FNO4. The highest BCUT2D eigenvalue weighted by molar-refractivity contribution is 5.83. The Morgan fingerprint density at radius 2 is 2.00 bits per heavy atom. The molecule has 1 aromatic carbocycles. The van der Waals surface area contributed by atoms with Gasteiger partial charge in [-0.3, -0.25) is 4.79 Å². The molecule has 20 heavy (non-hydrogen) atoms. The fraction of sp³-hybridized carbons (Fsp3) is 0.429. The quantitative estimate of drug-likeness (QED) is 0.759. The van der Waals surface area contributed by atoms with Crippen molar-refractivity contribution in [1.29, 1.82) is 0 Å². The number of alkyl halides is 1.